The fourth-order valence-electron chi connectivity index (χ4n) is 8.19. The smallest absolute Gasteiger partial charge is 0.324 e. The number of guanidine groups is 2. The third-order valence-electron chi connectivity index (χ3n) is 12.1. The van der Waals surface area contributed by atoms with Gasteiger partial charge in [-0.05, 0) is 74.6 Å². The Bertz CT molecular complexity index is 2550. The molecule has 1 saturated heterocycles. The van der Waals surface area contributed by atoms with Gasteiger partial charge in [0.15, 0.2) is 11.9 Å². The number of nitrogens with zero attached hydrogens (tertiary/aromatic N) is 3. The average Bonchev–Trinajstić information content (AvgIpc) is 3.77. The van der Waals surface area contributed by atoms with Gasteiger partial charge in [-0.1, -0.05) is 61.3 Å². The van der Waals surface area contributed by atoms with Crippen LogP contribution in [0, 0.1) is 0 Å². The van der Waals surface area contributed by atoms with Crippen LogP contribution in [0.3, 0.4) is 0 Å². The van der Waals surface area contributed by atoms with Gasteiger partial charge in [0.25, 0.3) is 5.91 Å². The van der Waals surface area contributed by atoms with Crippen LogP contribution in [-0.4, -0.2) is 138 Å². The van der Waals surface area contributed by atoms with E-state index < -0.39 is 89.5 Å². The molecule has 75 heavy (non-hydrogen) atoms. The second-order valence-electron chi connectivity index (χ2n) is 18.0. The van der Waals surface area contributed by atoms with Crippen LogP contribution in [0.2, 0.25) is 5.02 Å². The van der Waals surface area contributed by atoms with Crippen molar-refractivity contribution in [2.45, 2.75) is 127 Å². The molecule has 0 spiro atoms. The third kappa shape index (κ3) is 19.8. The number of nitrogens with one attached hydrogen (secondary N) is 8. The van der Waals surface area contributed by atoms with Crippen molar-refractivity contribution < 1.29 is 43.2 Å². The number of nitrogens with two attached hydrogens (primary N) is 5. The number of aromatic nitrogens is 1. The van der Waals surface area contributed by atoms with E-state index in [1.807, 2.05) is 25.1 Å². The summed E-state index contributed by atoms with van der Waals surface area (Å²) in [5.74, 6) is -6.69. The zero-order valence-corrected chi connectivity index (χ0v) is 43.0. The summed E-state index contributed by atoms with van der Waals surface area (Å²) < 4.78 is 0. The predicted molar refractivity (Wildman–Crippen MR) is 282 cm³/mol. The van der Waals surface area contributed by atoms with Crippen LogP contribution in [0.15, 0.2) is 64.7 Å². The van der Waals surface area contributed by atoms with E-state index in [-0.39, 0.29) is 114 Å². The minimum Gasteiger partial charge on any atom is -0.370 e. The van der Waals surface area contributed by atoms with Crippen molar-refractivity contribution in [2.75, 3.05) is 26.2 Å². The standard InChI is InChI=1S/C49H71ClN16O9/c1-3-4-24-66-46(74)37(63-42(70)35(60-28(2)67)17-10-22-57-47(52)53)19-20-40(68)56-21-9-16-34(41(51)69)61-44(72)38(26-30-27-59-33-15-8-6-13-31(30)33)64-43(71)36(18-11-23-58-48(54)55)62-45(73)39(65-49(66)75)25-29-12-5-7-14-32(29)50/h5-8,12-15,27,34-39,59H,3-4,9-11,16-26H2,1-2H3,(H2,51,69)(H,56,68)(H,60,67)(H,61,72)(H,62,73)(H,63,70)(H,64,71)(H,65,75)(H4,52,53,57)(H4,54,55,58)/t34-,35-,36-,37-,38-,39+/m0/s1. The van der Waals surface area contributed by atoms with Crippen LogP contribution in [-0.2, 0) is 51.2 Å². The summed E-state index contributed by atoms with van der Waals surface area (Å²) in [6.07, 6.45) is 1.82. The fourth-order valence-corrected chi connectivity index (χ4v) is 8.40. The fraction of sp³-hybridized carbons (Fsp3) is 0.490. The molecule has 0 unspecified atom stereocenters. The van der Waals surface area contributed by atoms with Crippen molar-refractivity contribution in [1.82, 2.24) is 47.1 Å². The highest BCUT2D eigenvalue weighted by atomic mass is 35.5. The Balaban J connectivity index is 1.81. The number of primary amides is 1. The van der Waals surface area contributed by atoms with Crippen molar-refractivity contribution in [1.29, 1.82) is 0 Å². The molecule has 4 rings (SSSR count). The van der Waals surface area contributed by atoms with E-state index in [1.165, 1.54) is 6.92 Å². The highest BCUT2D eigenvalue weighted by Gasteiger charge is 2.36. The Morgan fingerprint density at radius 3 is 2.08 bits per heavy atom. The van der Waals surface area contributed by atoms with Gasteiger partial charge in [0.1, 0.15) is 36.3 Å². The topological polar surface area (TPSA) is 412 Å². The van der Waals surface area contributed by atoms with Gasteiger partial charge in [0.05, 0.1) is 0 Å². The molecule has 0 aliphatic carbocycles. The Morgan fingerprint density at radius 2 is 1.40 bits per heavy atom. The zero-order chi connectivity index (χ0) is 55.0. The van der Waals surface area contributed by atoms with Gasteiger partial charge >= 0.3 is 6.03 Å². The molecule has 1 fully saturated rings. The molecular weight excluding hydrogens is 992 g/mol. The average molecular weight is 1060 g/mol. The molecule has 0 radical (unpaired) electrons. The number of para-hydroxylation sites is 1. The van der Waals surface area contributed by atoms with E-state index >= 15 is 0 Å². The van der Waals surface area contributed by atoms with Gasteiger partial charge in [0.2, 0.25) is 41.4 Å². The summed E-state index contributed by atoms with van der Waals surface area (Å²) >= 11 is 6.59. The maximum absolute atomic E-state index is 14.8. The lowest BCUT2D eigenvalue weighted by atomic mass is 10.0. The molecule has 25 nitrogen and oxygen atoms in total. The highest BCUT2D eigenvalue weighted by Crippen LogP contribution is 2.21. The number of halogens is 1. The molecule has 2 heterocycles. The Labute approximate surface area is 439 Å². The SMILES string of the molecule is CCCCN1C(=O)N[C@H](Cc2ccccc2Cl)C(=O)N[C@@H](CCCN=C(N)N)C(=O)N[C@@H](Cc2c[nH]c3ccccc23)C(=O)N[C@H](C(N)=O)CCCNC(=O)CC[C@H](NC(=O)[C@H](CCCN=C(N)N)NC(C)=O)C1=O. The lowest BCUT2D eigenvalue weighted by Gasteiger charge is -2.30. The Morgan fingerprint density at radius 1 is 0.773 bits per heavy atom. The third-order valence-corrected chi connectivity index (χ3v) is 12.5. The van der Waals surface area contributed by atoms with Crippen LogP contribution >= 0.6 is 11.6 Å². The lowest BCUT2D eigenvalue weighted by Crippen LogP contribution is -2.61. The van der Waals surface area contributed by atoms with Gasteiger partial charge in [0, 0.05) is 74.5 Å². The number of rotatable bonds is 19. The number of hydrogen-bond donors (Lipinski definition) is 13. The van der Waals surface area contributed by atoms with E-state index in [9.17, 15) is 43.2 Å². The number of benzene rings is 2. The summed E-state index contributed by atoms with van der Waals surface area (Å²) in [4.78, 5) is 137. The lowest BCUT2D eigenvalue weighted by molar-refractivity contribution is -0.136. The van der Waals surface area contributed by atoms with Crippen molar-refractivity contribution in [3.63, 3.8) is 0 Å². The van der Waals surface area contributed by atoms with Gasteiger partial charge in [-0.15, -0.1) is 0 Å². The predicted octanol–water partition coefficient (Wildman–Crippen LogP) is -0.960. The van der Waals surface area contributed by atoms with Crippen molar-refractivity contribution in [2.24, 2.45) is 38.7 Å². The summed E-state index contributed by atoms with van der Waals surface area (Å²) in [5.41, 5.74) is 29.6. The number of fused-ring (bicyclic) bond motifs is 1. The second kappa shape index (κ2) is 30.3. The molecule has 10 amide bonds. The quantitative estimate of drug-likeness (QED) is 0.0392. The van der Waals surface area contributed by atoms with Crippen LogP contribution < -0.4 is 65.9 Å². The molecule has 6 atom stereocenters. The number of aliphatic imine (C=N–C) groups is 2. The zero-order valence-electron chi connectivity index (χ0n) is 42.3. The molecule has 26 heteroatoms. The van der Waals surface area contributed by atoms with Gasteiger partial charge in [-0.2, -0.15) is 0 Å². The first-order chi connectivity index (χ1) is 35.8. The van der Waals surface area contributed by atoms with E-state index in [0.29, 0.717) is 17.5 Å². The number of urea groups is 1. The number of imide groups is 1. The number of carbonyl (C=O) groups is 9. The first kappa shape index (κ1) is 59.6. The molecule has 1 aliphatic rings. The molecule has 1 aromatic heterocycles. The van der Waals surface area contributed by atoms with Crippen LogP contribution in [0.25, 0.3) is 10.9 Å². The number of unbranched alkanes of at least 4 members (excludes halogenated alkanes) is 1. The van der Waals surface area contributed by atoms with E-state index in [0.717, 1.165) is 15.8 Å². The number of amides is 10. The van der Waals surface area contributed by atoms with Crippen molar-refractivity contribution >= 4 is 87.7 Å². The molecule has 0 bridgehead atoms. The summed E-state index contributed by atoms with van der Waals surface area (Å²) in [7, 11) is 0. The first-order valence-corrected chi connectivity index (χ1v) is 25.2. The molecule has 3 aromatic rings. The molecule has 1 aliphatic heterocycles. The largest absolute Gasteiger partial charge is 0.370 e. The normalized spacial score (nSPS) is 20.1. The Kier molecular flexibility index (Phi) is 24.1. The number of aromatic amines is 1. The minimum absolute atomic E-state index is 0.0154. The van der Waals surface area contributed by atoms with Crippen molar-refractivity contribution in [3.05, 3.63) is 70.9 Å². The first-order valence-electron chi connectivity index (χ1n) is 24.8. The van der Waals surface area contributed by atoms with Crippen LogP contribution in [0.1, 0.15) is 89.2 Å². The number of hydrogen-bond acceptors (Lipinski definition) is 11. The van der Waals surface area contributed by atoms with E-state index in [4.69, 9.17) is 40.3 Å². The molecule has 0 saturated carbocycles. The summed E-state index contributed by atoms with van der Waals surface area (Å²) in [6.45, 7) is 2.95. The molecule has 408 valence electrons. The summed E-state index contributed by atoms with van der Waals surface area (Å²) in [5, 5.41) is 19.7. The maximum atomic E-state index is 14.8. The van der Waals surface area contributed by atoms with Crippen molar-refractivity contribution in [3.8, 4) is 0 Å². The molecule has 18 N–H and O–H groups in total. The van der Waals surface area contributed by atoms with Gasteiger partial charge < -0.3 is 70.9 Å². The number of carbonyl (C=O) groups excluding carboxylic acids is 9. The monoisotopic (exact) mass is 1060 g/mol. The van der Waals surface area contributed by atoms with E-state index in [2.05, 4.69) is 52.2 Å². The molecule has 2 aromatic carbocycles. The molecular formula is C49H71ClN16O9. The highest BCUT2D eigenvalue weighted by molar-refractivity contribution is 6.31. The van der Waals surface area contributed by atoms with Gasteiger partial charge in [-0.3, -0.25) is 53.2 Å². The number of H-pyrrole nitrogens is 1. The van der Waals surface area contributed by atoms with Gasteiger partial charge in [-0.25, -0.2) is 4.79 Å². The second-order valence-corrected chi connectivity index (χ2v) is 18.4. The summed E-state index contributed by atoms with van der Waals surface area (Å²) in [6, 6.07) is 4.46. The van der Waals surface area contributed by atoms with E-state index in [1.54, 1.807) is 36.5 Å². The Hall–Kier alpha value is -7.96. The van der Waals surface area contributed by atoms with Crippen LogP contribution in [0.5, 0.6) is 0 Å². The van der Waals surface area contributed by atoms with Crippen LogP contribution in [0.4, 0.5) is 4.79 Å². The minimum atomic E-state index is -1.54. The maximum Gasteiger partial charge on any atom is 0.324 e.